The Morgan fingerprint density at radius 1 is 1.27 bits per heavy atom. The molecule has 1 aromatic carbocycles. The number of aromatic nitrogens is 2. The Kier molecular flexibility index (Phi) is 5.04. The highest BCUT2D eigenvalue weighted by Gasteiger charge is 2.33. The monoisotopic (exact) mass is 353 g/mol. The molecule has 138 valence electrons. The lowest BCUT2D eigenvalue weighted by Gasteiger charge is -2.29. The summed E-state index contributed by atoms with van der Waals surface area (Å²) in [6.45, 7) is 4.48. The summed E-state index contributed by atoms with van der Waals surface area (Å²) < 4.78 is 2.26. The van der Waals surface area contributed by atoms with Crippen LogP contribution < -0.4 is 10.9 Å². The first-order valence-electron chi connectivity index (χ1n) is 9.61. The molecule has 6 nitrogen and oxygen atoms in total. The predicted molar refractivity (Wildman–Crippen MR) is 100 cm³/mol. The molecule has 26 heavy (non-hydrogen) atoms. The molecule has 1 fully saturated rings. The van der Waals surface area contributed by atoms with Crippen LogP contribution >= 0.6 is 0 Å². The normalized spacial score (nSPS) is 22.4. The van der Waals surface area contributed by atoms with Crippen LogP contribution in [0.15, 0.2) is 36.7 Å². The van der Waals surface area contributed by atoms with E-state index < -0.39 is 0 Å². The number of amides is 1. The topological polar surface area (TPSA) is 62.2 Å². The van der Waals surface area contributed by atoms with Crippen molar-refractivity contribution < 1.29 is 4.79 Å². The van der Waals surface area contributed by atoms with Crippen molar-refractivity contribution in [1.29, 1.82) is 0 Å². The maximum absolute atomic E-state index is 12.8. The highest BCUT2D eigenvalue weighted by Crippen LogP contribution is 2.20. The number of carbonyl (C=O) groups is 1. The van der Waals surface area contributed by atoms with Crippen LogP contribution in [0.3, 0.4) is 0 Å². The molecule has 2 aliphatic heterocycles. The minimum atomic E-state index is -0.110. The first kappa shape index (κ1) is 17.2. The summed E-state index contributed by atoms with van der Waals surface area (Å²) in [6, 6.07) is 10.8. The average Bonchev–Trinajstić information content (AvgIpc) is 3.33. The van der Waals surface area contributed by atoms with Crippen LogP contribution in [0.1, 0.15) is 36.7 Å². The molecule has 2 aromatic rings. The second kappa shape index (κ2) is 7.60. The third kappa shape index (κ3) is 3.52. The van der Waals surface area contributed by atoms with Crippen molar-refractivity contribution in [3.05, 3.63) is 53.6 Å². The molecule has 3 heterocycles. The van der Waals surface area contributed by atoms with Crippen molar-refractivity contribution in [2.45, 2.75) is 57.8 Å². The van der Waals surface area contributed by atoms with Gasteiger partial charge in [0, 0.05) is 31.2 Å². The number of hydrogen-bond donors (Lipinski definition) is 2. The first-order chi connectivity index (χ1) is 12.7. The largest absolute Gasteiger partial charge is 0.335 e. The quantitative estimate of drug-likeness (QED) is 0.858. The van der Waals surface area contributed by atoms with Crippen LogP contribution in [0.2, 0.25) is 0 Å². The van der Waals surface area contributed by atoms with Crippen LogP contribution in [0, 0.1) is 0 Å². The van der Waals surface area contributed by atoms with Gasteiger partial charge in [-0.05, 0) is 24.8 Å². The molecule has 1 saturated heterocycles. The molecule has 6 heteroatoms. The van der Waals surface area contributed by atoms with E-state index in [-0.39, 0.29) is 11.9 Å². The number of imidazole rings is 1. The maximum Gasteiger partial charge on any atom is 0.241 e. The van der Waals surface area contributed by atoms with Gasteiger partial charge in [0.2, 0.25) is 5.91 Å². The van der Waals surface area contributed by atoms with Crippen molar-refractivity contribution in [3.8, 4) is 0 Å². The molecule has 0 bridgehead atoms. The highest BCUT2D eigenvalue weighted by atomic mass is 16.2. The van der Waals surface area contributed by atoms with Gasteiger partial charge in [-0.15, -0.1) is 0 Å². The lowest BCUT2D eigenvalue weighted by atomic mass is 10.1. The molecule has 0 spiro atoms. The fourth-order valence-electron chi connectivity index (χ4n) is 3.92. The second-order valence-corrected chi connectivity index (χ2v) is 7.26. The summed E-state index contributed by atoms with van der Waals surface area (Å²) in [7, 11) is 0. The van der Waals surface area contributed by atoms with E-state index in [0.29, 0.717) is 12.6 Å². The van der Waals surface area contributed by atoms with E-state index >= 15 is 0 Å². The van der Waals surface area contributed by atoms with Gasteiger partial charge in [0.25, 0.3) is 0 Å². The second-order valence-electron chi connectivity index (χ2n) is 7.26. The van der Waals surface area contributed by atoms with Crippen LogP contribution in [0.25, 0.3) is 0 Å². The molecule has 0 saturated carbocycles. The van der Waals surface area contributed by atoms with Crippen molar-refractivity contribution >= 4 is 5.91 Å². The molecule has 2 unspecified atom stereocenters. The zero-order chi connectivity index (χ0) is 17.9. The standard InChI is InChI=1S/C20H27N5O/c1-2-16-12-17(23-22-16)20(26)24-11-9-19-18(13-24)21-14-25(19)10-8-15-6-4-3-5-7-15/h3-7,14,16-17,22-23H,2,8-13H2,1H3. The lowest BCUT2D eigenvalue weighted by Crippen LogP contribution is -2.47. The first-order valence-corrected chi connectivity index (χ1v) is 9.61. The van der Waals surface area contributed by atoms with Crippen molar-refractivity contribution in [3.63, 3.8) is 0 Å². The van der Waals surface area contributed by atoms with Crippen molar-refractivity contribution in [1.82, 2.24) is 25.3 Å². The third-order valence-corrected chi connectivity index (χ3v) is 5.56. The molecule has 0 radical (unpaired) electrons. The Bertz CT molecular complexity index is 757. The lowest BCUT2D eigenvalue weighted by molar-refractivity contribution is -0.134. The fraction of sp³-hybridized carbons (Fsp3) is 0.500. The number of nitrogens with zero attached hydrogens (tertiary/aromatic N) is 3. The molecule has 2 N–H and O–H groups in total. The third-order valence-electron chi connectivity index (χ3n) is 5.56. The minimum absolute atomic E-state index is 0.110. The van der Waals surface area contributed by atoms with Gasteiger partial charge in [0.1, 0.15) is 6.04 Å². The maximum atomic E-state index is 12.8. The number of fused-ring (bicyclic) bond motifs is 1. The average molecular weight is 353 g/mol. The molecule has 4 rings (SSSR count). The van der Waals surface area contributed by atoms with Gasteiger partial charge in [-0.25, -0.2) is 10.4 Å². The van der Waals surface area contributed by atoms with Gasteiger partial charge in [-0.2, -0.15) is 0 Å². The van der Waals surface area contributed by atoms with Gasteiger partial charge in [0.15, 0.2) is 0 Å². The zero-order valence-corrected chi connectivity index (χ0v) is 15.3. The predicted octanol–water partition coefficient (Wildman–Crippen LogP) is 1.66. The van der Waals surface area contributed by atoms with Crippen LogP contribution in [-0.4, -0.2) is 39.0 Å². The summed E-state index contributed by atoms with van der Waals surface area (Å²) in [5, 5.41) is 0. The number of hydrazine groups is 1. The van der Waals surface area contributed by atoms with Gasteiger partial charge in [0.05, 0.1) is 18.6 Å². The molecular weight excluding hydrogens is 326 g/mol. The zero-order valence-electron chi connectivity index (χ0n) is 15.3. The van der Waals surface area contributed by atoms with Crippen LogP contribution in [0.4, 0.5) is 0 Å². The van der Waals surface area contributed by atoms with E-state index in [4.69, 9.17) is 0 Å². The fourth-order valence-corrected chi connectivity index (χ4v) is 3.92. The summed E-state index contributed by atoms with van der Waals surface area (Å²) in [4.78, 5) is 19.3. The van der Waals surface area contributed by atoms with Crippen molar-refractivity contribution in [2.24, 2.45) is 0 Å². The summed E-state index contributed by atoms with van der Waals surface area (Å²) in [6.07, 6.45) is 5.72. The number of aryl methyl sites for hydroxylation is 2. The van der Waals surface area contributed by atoms with Gasteiger partial charge >= 0.3 is 0 Å². The van der Waals surface area contributed by atoms with Gasteiger partial charge in [-0.1, -0.05) is 37.3 Å². The Hall–Kier alpha value is -2.18. The number of hydrogen-bond acceptors (Lipinski definition) is 4. The van der Waals surface area contributed by atoms with E-state index in [9.17, 15) is 4.79 Å². The minimum Gasteiger partial charge on any atom is -0.335 e. The van der Waals surface area contributed by atoms with Gasteiger partial charge < -0.3 is 9.47 Å². The smallest absolute Gasteiger partial charge is 0.241 e. The van der Waals surface area contributed by atoms with E-state index in [2.05, 4.69) is 51.6 Å². The van der Waals surface area contributed by atoms with Crippen molar-refractivity contribution in [2.75, 3.05) is 6.54 Å². The van der Waals surface area contributed by atoms with Crippen LogP contribution in [-0.2, 0) is 30.7 Å². The summed E-state index contributed by atoms with van der Waals surface area (Å²) in [5.41, 5.74) is 10.0. The number of carbonyl (C=O) groups excluding carboxylic acids is 1. The number of rotatable bonds is 5. The molecule has 0 aliphatic carbocycles. The van der Waals surface area contributed by atoms with Gasteiger partial charge in [-0.3, -0.25) is 10.2 Å². The van der Waals surface area contributed by atoms with Crippen LogP contribution in [0.5, 0.6) is 0 Å². The van der Waals surface area contributed by atoms with E-state index in [1.807, 2.05) is 17.3 Å². The molecule has 2 aliphatic rings. The molecular formula is C20H27N5O. The van der Waals surface area contributed by atoms with E-state index in [1.165, 1.54) is 11.3 Å². The van der Waals surface area contributed by atoms with E-state index in [1.54, 1.807) is 0 Å². The summed E-state index contributed by atoms with van der Waals surface area (Å²) in [5.74, 6) is 0.193. The number of benzene rings is 1. The Balaban J connectivity index is 1.37. The molecule has 2 atom stereocenters. The Labute approximate surface area is 154 Å². The summed E-state index contributed by atoms with van der Waals surface area (Å²) >= 11 is 0. The van der Waals surface area contributed by atoms with E-state index in [0.717, 1.165) is 44.5 Å². The Morgan fingerprint density at radius 2 is 2.12 bits per heavy atom. The molecule has 1 amide bonds. The highest BCUT2D eigenvalue weighted by molar-refractivity contribution is 5.82. The Morgan fingerprint density at radius 3 is 2.88 bits per heavy atom. The number of nitrogens with one attached hydrogen (secondary N) is 2. The molecule has 1 aromatic heterocycles. The SMILES string of the molecule is CCC1CC(C(=O)N2CCc3c(ncn3CCc3ccccc3)C2)NN1.